The van der Waals surface area contributed by atoms with Crippen LogP contribution in [0.3, 0.4) is 0 Å². The Morgan fingerprint density at radius 2 is 2.32 bits per heavy atom. The topological polar surface area (TPSA) is 69.4 Å². The van der Waals surface area contributed by atoms with Crippen LogP contribution in [0.15, 0.2) is 18.5 Å². The molecule has 3 rings (SSSR count). The molecule has 0 atom stereocenters. The number of hydrogen-bond donors (Lipinski definition) is 2. The maximum atomic E-state index is 9.07. The first-order valence-electron chi connectivity index (χ1n) is 6.30. The zero-order valence-corrected chi connectivity index (χ0v) is 10.9. The molecule has 1 aliphatic heterocycles. The number of anilines is 1. The molecule has 0 bridgehead atoms. The Bertz CT molecular complexity index is 681. The number of nitrogens with zero attached hydrogens (tertiary/aromatic N) is 3. The van der Waals surface area contributed by atoms with Crippen LogP contribution in [0, 0.1) is 11.3 Å². The second-order valence-electron chi connectivity index (χ2n) is 4.90. The summed E-state index contributed by atoms with van der Waals surface area (Å²) >= 11 is 0. The Hall–Kier alpha value is -2.48. The normalized spacial score (nSPS) is 13.7. The molecule has 0 saturated heterocycles. The number of rotatable bonds is 2. The molecule has 0 aromatic carbocycles. The van der Waals surface area contributed by atoms with E-state index in [4.69, 9.17) is 5.26 Å². The number of aromatic amines is 1. The number of nitrogens with one attached hydrogen (secondary N) is 2. The van der Waals surface area contributed by atoms with E-state index in [1.165, 1.54) is 0 Å². The molecule has 1 aliphatic rings. The Morgan fingerprint density at radius 3 is 3.00 bits per heavy atom. The summed E-state index contributed by atoms with van der Waals surface area (Å²) in [6.45, 7) is 4.91. The summed E-state index contributed by atoms with van der Waals surface area (Å²) in [4.78, 5) is 3.07. The van der Waals surface area contributed by atoms with Gasteiger partial charge in [-0.3, -0.25) is 4.68 Å². The molecule has 3 heterocycles. The van der Waals surface area contributed by atoms with Crippen molar-refractivity contribution >= 4 is 17.5 Å². The number of hydrogen-bond acceptors (Lipinski definition) is 3. The molecule has 0 unspecified atom stereocenters. The van der Waals surface area contributed by atoms with Crippen molar-refractivity contribution in [1.82, 2.24) is 14.8 Å². The maximum Gasteiger partial charge on any atom is 0.112 e. The van der Waals surface area contributed by atoms with E-state index in [0.29, 0.717) is 18.2 Å². The van der Waals surface area contributed by atoms with Gasteiger partial charge < -0.3 is 10.3 Å². The molecule has 2 aromatic heterocycles. The highest BCUT2D eigenvalue weighted by Crippen LogP contribution is 2.29. The monoisotopic (exact) mass is 253 g/mol. The molecule has 0 saturated carbocycles. The van der Waals surface area contributed by atoms with E-state index in [0.717, 1.165) is 22.6 Å². The lowest BCUT2D eigenvalue weighted by Crippen LogP contribution is -2.11. The number of H-pyrrole nitrogens is 1. The van der Waals surface area contributed by atoms with Crippen LogP contribution in [0.2, 0.25) is 0 Å². The fourth-order valence-corrected chi connectivity index (χ4v) is 2.19. The third-order valence-corrected chi connectivity index (χ3v) is 3.28. The van der Waals surface area contributed by atoms with Crippen LogP contribution in [0.25, 0.3) is 11.6 Å². The molecule has 0 spiro atoms. The van der Waals surface area contributed by atoms with E-state index in [1.807, 2.05) is 23.0 Å². The molecule has 0 aliphatic carbocycles. The van der Waals surface area contributed by atoms with Crippen molar-refractivity contribution in [3.05, 3.63) is 35.3 Å². The van der Waals surface area contributed by atoms with Gasteiger partial charge in [0, 0.05) is 30.5 Å². The Labute approximate surface area is 111 Å². The van der Waals surface area contributed by atoms with E-state index < -0.39 is 0 Å². The highest BCUT2D eigenvalue weighted by Gasteiger charge is 2.17. The van der Waals surface area contributed by atoms with Crippen LogP contribution < -0.4 is 5.32 Å². The Balaban J connectivity index is 2.00. The first kappa shape index (κ1) is 11.6. The summed E-state index contributed by atoms with van der Waals surface area (Å²) in [5, 5.41) is 16.9. The Kier molecular flexibility index (Phi) is 2.64. The standard InChI is InChI=1S/C14H15N5/c1-9(2)19-4-3-13(18-19)10-5-12-11(6-15)8-17-14(12)16-7-10/h3-5,8-9,16-17H,7H2,1-2H3. The minimum atomic E-state index is 0.350. The van der Waals surface area contributed by atoms with Crippen molar-refractivity contribution in [1.29, 1.82) is 5.26 Å². The van der Waals surface area contributed by atoms with E-state index in [-0.39, 0.29) is 0 Å². The van der Waals surface area contributed by atoms with Gasteiger partial charge in [0.1, 0.15) is 11.9 Å². The number of fused-ring (bicyclic) bond motifs is 1. The predicted molar refractivity (Wildman–Crippen MR) is 74.5 cm³/mol. The smallest absolute Gasteiger partial charge is 0.112 e. The van der Waals surface area contributed by atoms with Crippen molar-refractivity contribution in [2.24, 2.45) is 0 Å². The lowest BCUT2D eigenvalue weighted by Gasteiger charge is -2.14. The zero-order valence-electron chi connectivity index (χ0n) is 10.9. The molecule has 2 N–H and O–H groups in total. The van der Waals surface area contributed by atoms with E-state index in [2.05, 4.69) is 35.3 Å². The van der Waals surface area contributed by atoms with Gasteiger partial charge in [0.05, 0.1) is 11.3 Å². The van der Waals surface area contributed by atoms with Gasteiger partial charge in [-0.05, 0) is 31.6 Å². The van der Waals surface area contributed by atoms with E-state index in [9.17, 15) is 0 Å². The van der Waals surface area contributed by atoms with Crippen molar-refractivity contribution in [3.8, 4) is 6.07 Å². The van der Waals surface area contributed by atoms with Crippen LogP contribution in [-0.4, -0.2) is 21.3 Å². The van der Waals surface area contributed by atoms with Gasteiger partial charge in [0.15, 0.2) is 0 Å². The predicted octanol–water partition coefficient (Wildman–Crippen LogP) is 2.63. The van der Waals surface area contributed by atoms with Crippen LogP contribution in [-0.2, 0) is 0 Å². The van der Waals surface area contributed by atoms with Gasteiger partial charge in [-0.25, -0.2) is 0 Å². The highest BCUT2D eigenvalue weighted by atomic mass is 15.3. The summed E-state index contributed by atoms with van der Waals surface area (Å²) in [5.41, 5.74) is 3.63. The summed E-state index contributed by atoms with van der Waals surface area (Å²) in [7, 11) is 0. The van der Waals surface area contributed by atoms with Gasteiger partial charge in [-0.1, -0.05) is 0 Å². The van der Waals surface area contributed by atoms with E-state index in [1.54, 1.807) is 6.20 Å². The van der Waals surface area contributed by atoms with Gasteiger partial charge in [0.2, 0.25) is 0 Å². The van der Waals surface area contributed by atoms with Crippen LogP contribution in [0.4, 0.5) is 5.82 Å². The molecule has 0 radical (unpaired) electrons. The third-order valence-electron chi connectivity index (χ3n) is 3.28. The number of aromatic nitrogens is 3. The molecular formula is C14H15N5. The molecule has 0 amide bonds. The molecule has 0 fully saturated rings. The molecule has 96 valence electrons. The second kappa shape index (κ2) is 4.32. The summed E-state index contributed by atoms with van der Waals surface area (Å²) in [5.74, 6) is 0.906. The zero-order chi connectivity index (χ0) is 13.4. The summed E-state index contributed by atoms with van der Waals surface area (Å²) in [6, 6.07) is 4.55. The van der Waals surface area contributed by atoms with Crippen LogP contribution >= 0.6 is 0 Å². The van der Waals surface area contributed by atoms with E-state index >= 15 is 0 Å². The lowest BCUT2D eigenvalue weighted by molar-refractivity contribution is 0.531. The average Bonchev–Trinajstić information content (AvgIpc) is 3.04. The van der Waals surface area contributed by atoms with Gasteiger partial charge >= 0.3 is 0 Å². The number of nitriles is 1. The average molecular weight is 253 g/mol. The minimum absolute atomic E-state index is 0.350. The quantitative estimate of drug-likeness (QED) is 0.864. The van der Waals surface area contributed by atoms with Gasteiger partial charge in [-0.15, -0.1) is 0 Å². The minimum Gasteiger partial charge on any atom is -0.367 e. The van der Waals surface area contributed by atoms with Gasteiger partial charge in [0.25, 0.3) is 0 Å². The highest BCUT2D eigenvalue weighted by molar-refractivity contribution is 5.90. The fraction of sp³-hybridized carbons (Fsp3) is 0.286. The van der Waals surface area contributed by atoms with Gasteiger partial charge in [-0.2, -0.15) is 10.4 Å². The van der Waals surface area contributed by atoms with Crippen LogP contribution in [0.5, 0.6) is 0 Å². The molecule has 5 nitrogen and oxygen atoms in total. The molecule has 19 heavy (non-hydrogen) atoms. The first-order chi connectivity index (χ1) is 9.19. The first-order valence-corrected chi connectivity index (χ1v) is 6.30. The van der Waals surface area contributed by atoms with Crippen molar-refractivity contribution < 1.29 is 0 Å². The fourth-order valence-electron chi connectivity index (χ4n) is 2.19. The maximum absolute atomic E-state index is 9.07. The molecular weight excluding hydrogens is 238 g/mol. The molecule has 5 heteroatoms. The van der Waals surface area contributed by atoms with Crippen molar-refractivity contribution in [2.75, 3.05) is 11.9 Å². The second-order valence-corrected chi connectivity index (χ2v) is 4.90. The SMILES string of the molecule is CC(C)n1ccc(C2=Cc3c(C#N)c[nH]c3NC2)n1. The van der Waals surface area contributed by atoms with Crippen molar-refractivity contribution in [2.45, 2.75) is 19.9 Å². The summed E-state index contributed by atoms with van der Waals surface area (Å²) in [6.07, 6.45) is 5.75. The van der Waals surface area contributed by atoms with Crippen molar-refractivity contribution in [3.63, 3.8) is 0 Å². The largest absolute Gasteiger partial charge is 0.367 e. The third kappa shape index (κ3) is 1.91. The molecule has 2 aromatic rings. The summed E-state index contributed by atoms with van der Waals surface area (Å²) < 4.78 is 1.94. The Morgan fingerprint density at radius 1 is 1.47 bits per heavy atom. The lowest BCUT2D eigenvalue weighted by atomic mass is 10.0. The van der Waals surface area contributed by atoms with Crippen LogP contribution in [0.1, 0.15) is 36.7 Å².